The quantitative estimate of drug-likeness (QED) is 0.599. The highest BCUT2D eigenvalue weighted by atomic mass is 14.9. The number of aryl methyl sites for hydroxylation is 1. The van der Waals surface area contributed by atoms with Crippen LogP contribution in [0.15, 0.2) is 55.0 Å². The van der Waals surface area contributed by atoms with E-state index in [9.17, 15) is 0 Å². The predicted molar refractivity (Wildman–Crippen MR) is 65.4 cm³/mol. The predicted octanol–water partition coefficient (Wildman–Crippen LogP) is 3.31. The van der Waals surface area contributed by atoms with E-state index >= 15 is 0 Å². The Balaban J connectivity index is 2.22. The molecule has 0 aliphatic heterocycles. The van der Waals surface area contributed by atoms with Gasteiger partial charge in [-0.15, -0.1) is 0 Å². The lowest BCUT2D eigenvalue weighted by Gasteiger charge is -2.00. The van der Waals surface area contributed by atoms with Gasteiger partial charge in [0.2, 0.25) is 0 Å². The standard InChI is InChI=1S/C14H12N2/c1-11-5-6-13(15-10-11)12-7-9-16-8-3-2-4-14(12)16/h2-10H,1H3. The van der Waals surface area contributed by atoms with E-state index in [0.717, 1.165) is 5.69 Å². The molecule has 3 aromatic rings. The first-order valence-corrected chi connectivity index (χ1v) is 5.33. The van der Waals surface area contributed by atoms with Crippen LogP contribution in [-0.4, -0.2) is 9.38 Å². The van der Waals surface area contributed by atoms with Crippen molar-refractivity contribution in [2.75, 3.05) is 0 Å². The highest BCUT2D eigenvalue weighted by Crippen LogP contribution is 2.23. The van der Waals surface area contributed by atoms with Gasteiger partial charge in [-0.3, -0.25) is 4.98 Å². The lowest BCUT2D eigenvalue weighted by atomic mass is 10.1. The molecule has 3 aromatic heterocycles. The number of pyridine rings is 2. The topological polar surface area (TPSA) is 17.3 Å². The highest BCUT2D eigenvalue weighted by Gasteiger charge is 2.04. The molecule has 0 saturated heterocycles. The van der Waals surface area contributed by atoms with Gasteiger partial charge in [-0.05, 0) is 36.8 Å². The maximum atomic E-state index is 4.46. The van der Waals surface area contributed by atoms with Crippen LogP contribution in [0.25, 0.3) is 16.8 Å². The molecule has 3 rings (SSSR count). The minimum atomic E-state index is 1.03. The Morgan fingerprint density at radius 1 is 1.00 bits per heavy atom. The number of aromatic nitrogens is 2. The van der Waals surface area contributed by atoms with Crippen molar-refractivity contribution in [2.45, 2.75) is 6.92 Å². The first-order valence-electron chi connectivity index (χ1n) is 5.33. The third-order valence-corrected chi connectivity index (χ3v) is 2.76. The van der Waals surface area contributed by atoms with Crippen LogP contribution in [-0.2, 0) is 0 Å². The van der Waals surface area contributed by atoms with Crippen LogP contribution >= 0.6 is 0 Å². The largest absolute Gasteiger partial charge is 0.323 e. The maximum Gasteiger partial charge on any atom is 0.0723 e. The summed E-state index contributed by atoms with van der Waals surface area (Å²) in [5.74, 6) is 0. The molecular weight excluding hydrogens is 196 g/mol. The van der Waals surface area contributed by atoms with Gasteiger partial charge in [-0.25, -0.2) is 0 Å². The average Bonchev–Trinajstić information content (AvgIpc) is 2.74. The molecule has 78 valence electrons. The number of fused-ring (bicyclic) bond motifs is 1. The Labute approximate surface area is 94.2 Å². The van der Waals surface area contributed by atoms with Crippen LogP contribution in [0, 0.1) is 6.92 Å². The molecule has 0 fully saturated rings. The maximum absolute atomic E-state index is 4.46. The Hall–Kier alpha value is -2.09. The zero-order valence-electron chi connectivity index (χ0n) is 9.09. The van der Waals surface area contributed by atoms with E-state index in [1.54, 1.807) is 0 Å². The first-order chi connectivity index (χ1) is 7.84. The van der Waals surface area contributed by atoms with Crippen LogP contribution in [0.5, 0.6) is 0 Å². The van der Waals surface area contributed by atoms with E-state index in [1.165, 1.54) is 16.6 Å². The second-order valence-corrected chi connectivity index (χ2v) is 3.94. The molecule has 0 radical (unpaired) electrons. The minimum absolute atomic E-state index is 1.03. The second kappa shape index (κ2) is 3.49. The normalized spacial score (nSPS) is 10.8. The highest BCUT2D eigenvalue weighted by molar-refractivity contribution is 5.78. The van der Waals surface area contributed by atoms with Gasteiger partial charge in [0.05, 0.1) is 11.2 Å². The monoisotopic (exact) mass is 208 g/mol. The molecule has 0 N–H and O–H groups in total. The summed E-state index contributed by atoms with van der Waals surface area (Å²) in [6.07, 6.45) is 6.01. The Kier molecular flexibility index (Phi) is 2.00. The summed E-state index contributed by atoms with van der Waals surface area (Å²) in [5, 5.41) is 0. The second-order valence-electron chi connectivity index (χ2n) is 3.94. The van der Waals surface area contributed by atoms with Gasteiger partial charge in [0.15, 0.2) is 0 Å². The molecule has 0 aromatic carbocycles. The van der Waals surface area contributed by atoms with E-state index in [-0.39, 0.29) is 0 Å². The molecule has 0 spiro atoms. The molecule has 16 heavy (non-hydrogen) atoms. The van der Waals surface area contributed by atoms with E-state index < -0.39 is 0 Å². The van der Waals surface area contributed by atoms with Crippen molar-refractivity contribution in [3.8, 4) is 11.3 Å². The van der Waals surface area contributed by atoms with Crippen molar-refractivity contribution in [3.05, 3.63) is 60.6 Å². The molecule has 0 bridgehead atoms. The number of hydrogen-bond donors (Lipinski definition) is 0. The number of rotatable bonds is 1. The van der Waals surface area contributed by atoms with E-state index in [4.69, 9.17) is 0 Å². The van der Waals surface area contributed by atoms with Crippen molar-refractivity contribution in [3.63, 3.8) is 0 Å². The van der Waals surface area contributed by atoms with Crippen LogP contribution in [0.3, 0.4) is 0 Å². The molecule has 2 heteroatoms. The fourth-order valence-electron chi connectivity index (χ4n) is 1.90. The molecular formula is C14H12N2. The Morgan fingerprint density at radius 3 is 2.75 bits per heavy atom. The zero-order valence-corrected chi connectivity index (χ0v) is 9.09. The Morgan fingerprint density at radius 2 is 1.94 bits per heavy atom. The summed E-state index contributed by atoms with van der Waals surface area (Å²) in [6, 6.07) is 12.4. The van der Waals surface area contributed by atoms with Crippen molar-refractivity contribution >= 4 is 5.52 Å². The van der Waals surface area contributed by atoms with Crippen LogP contribution in [0.4, 0.5) is 0 Å². The molecule has 0 atom stereocenters. The van der Waals surface area contributed by atoms with Gasteiger partial charge in [0.1, 0.15) is 0 Å². The van der Waals surface area contributed by atoms with Crippen LogP contribution in [0.1, 0.15) is 5.56 Å². The van der Waals surface area contributed by atoms with Gasteiger partial charge in [0, 0.05) is 24.2 Å². The SMILES string of the molecule is Cc1ccc(-c2ccn3ccccc23)nc1. The van der Waals surface area contributed by atoms with Gasteiger partial charge >= 0.3 is 0 Å². The van der Waals surface area contributed by atoms with Crippen LogP contribution in [0.2, 0.25) is 0 Å². The van der Waals surface area contributed by atoms with Gasteiger partial charge < -0.3 is 4.40 Å². The molecule has 3 heterocycles. The summed E-state index contributed by atoms with van der Waals surface area (Å²) in [7, 11) is 0. The van der Waals surface area contributed by atoms with Crippen molar-refractivity contribution < 1.29 is 0 Å². The third kappa shape index (κ3) is 1.39. The van der Waals surface area contributed by atoms with Crippen molar-refractivity contribution in [1.29, 1.82) is 0 Å². The lowest BCUT2D eigenvalue weighted by Crippen LogP contribution is -1.84. The molecule has 0 unspecified atom stereocenters. The molecule has 0 amide bonds. The fourth-order valence-corrected chi connectivity index (χ4v) is 1.90. The summed E-state index contributed by atoms with van der Waals surface area (Å²) in [5.41, 5.74) is 4.59. The molecule has 0 aliphatic carbocycles. The summed E-state index contributed by atoms with van der Waals surface area (Å²) in [4.78, 5) is 4.46. The molecule has 0 saturated carbocycles. The number of nitrogens with zero attached hydrogens (tertiary/aromatic N) is 2. The van der Waals surface area contributed by atoms with Gasteiger partial charge in [-0.2, -0.15) is 0 Å². The van der Waals surface area contributed by atoms with E-state index in [0.29, 0.717) is 0 Å². The summed E-state index contributed by atoms with van der Waals surface area (Å²) < 4.78 is 2.11. The van der Waals surface area contributed by atoms with Gasteiger partial charge in [-0.1, -0.05) is 12.1 Å². The van der Waals surface area contributed by atoms with Gasteiger partial charge in [0.25, 0.3) is 0 Å². The van der Waals surface area contributed by atoms with E-state index in [2.05, 4.69) is 46.8 Å². The Bertz CT molecular complexity index is 621. The van der Waals surface area contributed by atoms with Crippen molar-refractivity contribution in [1.82, 2.24) is 9.38 Å². The lowest BCUT2D eigenvalue weighted by molar-refractivity contribution is 1.20. The molecule has 2 nitrogen and oxygen atoms in total. The zero-order chi connectivity index (χ0) is 11.0. The summed E-state index contributed by atoms with van der Waals surface area (Å²) >= 11 is 0. The average molecular weight is 208 g/mol. The van der Waals surface area contributed by atoms with Crippen LogP contribution < -0.4 is 0 Å². The van der Waals surface area contributed by atoms with E-state index in [1.807, 2.05) is 24.5 Å². The summed E-state index contributed by atoms with van der Waals surface area (Å²) in [6.45, 7) is 2.05. The molecule has 0 aliphatic rings. The fraction of sp³-hybridized carbons (Fsp3) is 0.0714. The third-order valence-electron chi connectivity index (χ3n) is 2.76. The smallest absolute Gasteiger partial charge is 0.0723 e. The van der Waals surface area contributed by atoms with Crippen molar-refractivity contribution in [2.24, 2.45) is 0 Å². The minimum Gasteiger partial charge on any atom is -0.323 e. The number of hydrogen-bond acceptors (Lipinski definition) is 1. The first kappa shape index (κ1) is 9.16.